The fourth-order valence-electron chi connectivity index (χ4n) is 2.52. The molecule has 1 aromatic carbocycles. The zero-order valence-corrected chi connectivity index (χ0v) is 14.0. The molecule has 0 saturated carbocycles. The molecule has 1 aliphatic heterocycles. The van der Waals surface area contributed by atoms with Gasteiger partial charge in [0.1, 0.15) is 0 Å². The molecule has 122 valence electrons. The number of sulfone groups is 1. The molecule has 2 atom stereocenters. The van der Waals surface area contributed by atoms with Crippen LogP contribution in [0.4, 0.5) is 0 Å². The molecule has 0 radical (unpaired) electrons. The molecule has 1 N–H and O–H groups in total. The average molecular weight is 351 g/mol. The van der Waals surface area contributed by atoms with E-state index in [0.29, 0.717) is 17.5 Å². The molecular weight excluding hydrogens is 334 g/mol. The van der Waals surface area contributed by atoms with Gasteiger partial charge in [-0.15, -0.1) is 16.8 Å². The fourth-order valence-corrected chi connectivity index (χ4v) is 6.04. The van der Waals surface area contributed by atoms with Crippen LogP contribution in [0.5, 0.6) is 0 Å². The molecule has 1 saturated heterocycles. The minimum atomic E-state index is -3.18. The molecule has 8 heteroatoms. The van der Waals surface area contributed by atoms with E-state index in [4.69, 9.17) is 0 Å². The Bertz CT molecular complexity index is 803. The van der Waals surface area contributed by atoms with Crippen LogP contribution in [-0.2, 0) is 16.4 Å². The van der Waals surface area contributed by atoms with Crippen molar-refractivity contribution in [2.24, 2.45) is 0 Å². The van der Waals surface area contributed by atoms with Gasteiger partial charge in [-0.1, -0.05) is 48.2 Å². The first-order valence-corrected chi connectivity index (χ1v) is 9.85. The Labute approximate surface area is 139 Å². The lowest BCUT2D eigenvalue weighted by Crippen LogP contribution is -2.20. The maximum absolute atomic E-state index is 11.6. The third-order valence-electron chi connectivity index (χ3n) is 3.59. The standard InChI is InChI=1S/C15H17N3O3S2/c1-2-8-18-14(11-6-4-3-5-7-11)16-17-15(18)22-13-10-23(20,21)9-12(13)19/h2-7,12-13,19H,1,8-10H2/t12-,13+/m1/s1. The van der Waals surface area contributed by atoms with Gasteiger partial charge in [0, 0.05) is 12.1 Å². The molecule has 0 spiro atoms. The molecule has 0 amide bonds. The second kappa shape index (κ2) is 6.46. The van der Waals surface area contributed by atoms with Crippen molar-refractivity contribution in [1.29, 1.82) is 0 Å². The predicted octanol–water partition coefficient (Wildman–Crippen LogP) is 1.38. The number of hydrogen-bond acceptors (Lipinski definition) is 6. The fraction of sp³-hybridized carbons (Fsp3) is 0.333. The van der Waals surface area contributed by atoms with E-state index < -0.39 is 21.2 Å². The van der Waals surface area contributed by atoms with Gasteiger partial charge in [0.25, 0.3) is 0 Å². The summed E-state index contributed by atoms with van der Waals surface area (Å²) in [5.74, 6) is 0.468. The number of hydrogen-bond donors (Lipinski definition) is 1. The van der Waals surface area contributed by atoms with Crippen molar-refractivity contribution in [1.82, 2.24) is 14.8 Å². The smallest absolute Gasteiger partial charge is 0.192 e. The normalized spacial score (nSPS) is 23.0. The van der Waals surface area contributed by atoms with Gasteiger partial charge in [-0.2, -0.15) is 0 Å². The topological polar surface area (TPSA) is 85.1 Å². The van der Waals surface area contributed by atoms with E-state index in [1.807, 2.05) is 34.9 Å². The van der Waals surface area contributed by atoms with Gasteiger partial charge in [0.2, 0.25) is 0 Å². The highest BCUT2D eigenvalue weighted by molar-refractivity contribution is 8.01. The lowest BCUT2D eigenvalue weighted by atomic mass is 10.2. The van der Waals surface area contributed by atoms with Crippen molar-refractivity contribution < 1.29 is 13.5 Å². The molecule has 0 unspecified atom stereocenters. The number of aromatic nitrogens is 3. The number of rotatable bonds is 5. The summed E-state index contributed by atoms with van der Waals surface area (Å²) in [7, 11) is -3.18. The van der Waals surface area contributed by atoms with Crippen LogP contribution in [0.3, 0.4) is 0 Å². The van der Waals surface area contributed by atoms with Gasteiger partial charge in [-0.05, 0) is 0 Å². The molecule has 0 bridgehead atoms. The summed E-state index contributed by atoms with van der Waals surface area (Å²) in [6.45, 7) is 4.26. The molecule has 23 heavy (non-hydrogen) atoms. The molecule has 1 aromatic heterocycles. The summed E-state index contributed by atoms with van der Waals surface area (Å²) in [6, 6.07) is 9.64. The van der Waals surface area contributed by atoms with Crippen molar-refractivity contribution in [3.63, 3.8) is 0 Å². The van der Waals surface area contributed by atoms with Crippen LogP contribution in [0.15, 0.2) is 48.1 Å². The number of aliphatic hydroxyl groups is 1. The first-order valence-electron chi connectivity index (χ1n) is 7.15. The molecule has 6 nitrogen and oxygen atoms in total. The lowest BCUT2D eigenvalue weighted by Gasteiger charge is -2.13. The SMILES string of the molecule is C=CCn1c(S[C@H]2CS(=O)(=O)C[C@H]2O)nnc1-c1ccccc1. The van der Waals surface area contributed by atoms with Crippen molar-refractivity contribution in [3.8, 4) is 11.4 Å². The Kier molecular flexibility index (Phi) is 4.56. The van der Waals surface area contributed by atoms with Gasteiger partial charge >= 0.3 is 0 Å². The maximum Gasteiger partial charge on any atom is 0.192 e. The van der Waals surface area contributed by atoms with Crippen LogP contribution in [0.1, 0.15) is 0 Å². The highest BCUT2D eigenvalue weighted by atomic mass is 32.2. The Balaban J connectivity index is 1.91. The summed E-state index contributed by atoms with van der Waals surface area (Å²) in [6.07, 6.45) is 0.862. The predicted molar refractivity (Wildman–Crippen MR) is 90.0 cm³/mol. The second-order valence-electron chi connectivity index (χ2n) is 5.37. The third-order valence-corrected chi connectivity index (χ3v) is 6.81. The second-order valence-corrected chi connectivity index (χ2v) is 8.73. The van der Waals surface area contributed by atoms with E-state index in [1.165, 1.54) is 11.8 Å². The number of nitrogens with zero attached hydrogens (tertiary/aromatic N) is 3. The van der Waals surface area contributed by atoms with E-state index in [9.17, 15) is 13.5 Å². The number of benzene rings is 1. The van der Waals surface area contributed by atoms with Crippen molar-refractivity contribution in [2.75, 3.05) is 11.5 Å². The molecule has 0 aliphatic carbocycles. The molecular formula is C15H17N3O3S2. The quantitative estimate of drug-likeness (QED) is 0.819. The molecule has 1 aliphatic rings. The Morgan fingerprint density at radius 1 is 1.30 bits per heavy atom. The van der Waals surface area contributed by atoms with Gasteiger partial charge in [0.05, 0.1) is 22.9 Å². The summed E-state index contributed by atoms with van der Waals surface area (Å²) in [5, 5.41) is 18.5. The first kappa shape index (κ1) is 16.2. The van der Waals surface area contributed by atoms with Crippen LogP contribution >= 0.6 is 11.8 Å². The van der Waals surface area contributed by atoms with Crippen molar-refractivity contribution in [2.45, 2.75) is 23.1 Å². The number of aliphatic hydroxyl groups excluding tert-OH is 1. The van der Waals surface area contributed by atoms with E-state index >= 15 is 0 Å². The van der Waals surface area contributed by atoms with Crippen LogP contribution in [-0.4, -0.2) is 51.1 Å². The zero-order chi connectivity index (χ0) is 16.4. The number of thioether (sulfide) groups is 1. The van der Waals surface area contributed by atoms with Crippen molar-refractivity contribution in [3.05, 3.63) is 43.0 Å². The summed E-state index contributed by atoms with van der Waals surface area (Å²) in [5.41, 5.74) is 0.924. The Hall–Kier alpha value is -1.64. The van der Waals surface area contributed by atoms with E-state index in [0.717, 1.165) is 5.56 Å². The minimum absolute atomic E-state index is 0.0412. The van der Waals surface area contributed by atoms with Crippen LogP contribution in [0, 0.1) is 0 Å². The first-order chi connectivity index (χ1) is 11.0. The van der Waals surface area contributed by atoms with Crippen molar-refractivity contribution >= 4 is 21.6 Å². The molecule has 1 fully saturated rings. The molecule has 2 aromatic rings. The van der Waals surface area contributed by atoms with E-state index in [-0.39, 0.29) is 11.5 Å². The van der Waals surface area contributed by atoms with Gasteiger partial charge in [0.15, 0.2) is 20.8 Å². The largest absolute Gasteiger partial charge is 0.391 e. The van der Waals surface area contributed by atoms with Crippen LogP contribution in [0.25, 0.3) is 11.4 Å². The lowest BCUT2D eigenvalue weighted by molar-refractivity contribution is 0.207. The van der Waals surface area contributed by atoms with Crippen LogP contribution < -0.4 is 0 Å². The van der Waals surface area contributed by atoms with E-state index in [1.54, 1.807) is 6.08 Å². The monoisotopic (exact) mass is 351 g/mol. The zero-order valence-electron chi connectivity index (χ0n) is 12.4. The van der Waals surface area contributed by atoms with Gasteiger partial charge in [-0.25, -0.2) is 8.42 Å². The van der Waals surface area contributed by atoms with Gasteiger partial charge in [-0.3, -0.25) is 4.57 Å². The Morgan fingerprint density at radius 2 is 2.04 bits per heavy atom. The minimum Gasteiger partial charge on any atom is -0.391 e. The third kappa shape index (κ3) is 3.49. The summed E-state index contributed by atoms with van der Waals surface area (Å²) < 4.78 is 25.2. The Morgan fingerprint density at radius 3 is 2.65 bits per heavy atom. The number of allylic oxidation sites excluding steroid dienone is 1. The molecule has 3 rings (SSSR count). The summed E-state index contributed by atoms with van der Waals surface area (Å²) >= 11 is 1.26. The van der Waals surface area contributed by atoms with E-state index in [2.05, 4.69) is 16.8 Å². The average Bonchev–Trinajstić information content (AvgIpc) is 3.01. The maximum atomic E-state index is 11.6. The highest BCUT2D eigenvalue weighted by Crippen LogP contribution is 2.32. The summed E-state index contributed by atoms with van der Waals surface area (Å²) in [4.78, 5) is 0. The van der Waals surface area contributed by atoms with Gasteiger partial charge < -0.3 is 5.11 Å². The highest BCUT2D eigenvalue weighted by Gasteiger charge is 2.38. The molecule has 2 heterocycles. The van der Waals surface area contributed by atoms with Crippen LogP contribution in [0.2, 0.25) is 0 Å².